The standard InChI is InChI=1S/C38H31F3N4O5/c1-22-13-28(50-33-10-6-5-9-30(33)39)11-12-31(22)45-37(42)29(19-43-45)36(46)26-15-24-17-32(34(18-25(24)16-26)48-21-35(40)41)44-27(20-49-38(44)47)14-23-7-3-2-4-8-23/h2-13,16-19,27,35H,14-15,20-21,42H2,1H3/t27-/m1/s1. The maximum Gasteiger partial charge on any atom is 0.414 e. The molecule has 1 aromatic heterocycles. The molecular formula is C38H31F3N4O5. The molecule has 7 rings (SSSR count). The molecule has 5 aromatic rings. The first-order valence-electron chi connectivity index (χ1n) is 15.9. The highest BCUT2D eigenvalue weighted by molar-refractivity contribution is 6.15. The number of amides is 1. The zero-order chi connectivity index (χ0) is 34.9. The van der Waals surface area contributed by atoms with Gasteiger partial charge in [0.05, 0.1) is 29.2 Å². The lowest BCUT2D eigenvalue weighted by molar-refractivity contribution is 0.0821. The van der Waals surface area contributed by atoms with Gasteiger partial charge in [0.2, 0.25) is 0 Å². The summed E-state index contributed by atoms with van der Waals surface area (Å²) in [4.78, 5) is 28.3. The third-order valence-electron chi connectivity index (χ3n) is 8.63. The summed E-state index contributed by atoms with van der Waals surface area (Å²) in [6, 6.07) is 23.6. The molecule has 1 amide bonds. The van der Waals surface area contributed by atoms with Gasteiger partial charge in [-0.3, -0.25) is 9.69 Å². The summed E-state index contributed by atoms with van der Waals surface area (Å²) in [6.45, 7) is 1.05. The van der Waals surface area contributed by atoms with Gasteiger partial charge in [0.15, 0.2) is 17.3 Å². The van der Waals surface area contributed by atoms with Crippen molar-refractivity contribution in [1.29, 1.82) is 0 Å². The topological polar surface area (TPSA) is 109 Å². The molecule has 0 spiro atoms. The Labute approximate surface area is 285 Å². The van der Waals surface area contributed by atoms with E-state index in [9.17, 15) is 22.8 Å². The minimum absolute atomic E-state index is 0.0798. The fourth-order valence-corrected chi connectivity index (χ4v) is 6.23. The van der Waals surface area contributed by atoms with E-state index in [0.717, 1.165) is 11.1 Å². The van der Waals surface area contributed by atoms with Crippen molar-refractivity contribution in [3.63, 3.8) is 0 Å². The molecule has 9 nitrogen and oxygen atoms in total. The van der Waals surface area contributed by atoms with Crippen molar-refractivity contribution >= 4 is 29.5 Å². The van der Waals surface area contributed by atoms with Crippen LogP contribution in [-0.4, -0.2) is 47.3 Å². The van der Waals surface area contributed by atoms with Gasteiger partial charge in [-0.1, -0.05) is 42.5 Å². The van der Waals surface area contributed by atoms with Crippen LogP contribution in [0.15, 0.2) is 96.7 Å². The molecule has 1 saturated heterocycles. The van der Waals surface area contributed by atoms with E-state index < -0.39 is 31.0 Å². The zero-order valence-electron chi connectivity index (χ0n) is 26.8. The van der Waals surface area contributed by atoms with Gasteiger partial charge >= 0.3 is 6.09 Å². The van der Waals surface area contributed by atoms with Crippen LogP contribution in [0, 0.1) is 12.7 Å². The number of hydrogen-bond donors (Lipinski definition) is 1. The molecule has 2 heterocycles. The van der Waals surface area contributed by atoms with Crippen LogP contribution in [0.2, 0.25) is 0 Å². The average Bonchev–Trinajstić information content (AvgIpc) is 3.80. The van der Waals surface area contributed by atoms with E-state index in [2.05, 4.69) is 5.10 Å². The number of benzene rings is 4. The molecule has 1 atom stereocenters. The van der Waals surface area contributed by atoms with Gasteiger partial charge in [-0.2, -0.15) is 5.10 Å². The van der Waals surface area contributed by atoms with E-state index in [1.807, 2.05) is 37.3 Å². The summed E-state index contributed by atoms with van der Waals surface area (Å²) in [5.74, 6) is -0.155. The van der Waals surface area contributed by atoms with E-state index in [4.69, 9.17) is 19.9 Å². The fraction of sp³-hybridized carbons (Fsp3) is 0.184. The number of nitrogens with zero attached hydrogens (tertiary/aromatic N) is 3. The number of hydrogen-bond acceptors (Lipinski definition) is 7. The summed E-state index contributed by atoms with van der Waals surface area (Å²) in [5.41, 5.74) is 10.9. The second-order valence-corrected chi connectivity index (χ2v) is 12.0. The number of cyclic esters (lactones) is 1. The monoisotopic (exact) mass is 680 g/mol. The first-order chi connectivity index (χ1) is 24.2. The molecule has 0 radical (unpaired) electrons. The van der Waals surface area contributed by atoms with E-state index in [0.29, 0.717) is 40.2 Å². The Morgan fingerprint density at radius 1 is 1.02 bits per heavy atom. The van der Waals surface area contributed by atoms with Crippen LogP contribution in [0.3, 0.4) is 0 Å². The van der Waals surface area contributed by atoms with Crippen molar-refractivity contribution < 1.29 is 37.0 Å². The number of carbonyl (C=O) groups is 2. The van der Waals surface area contributed by atoms with E-state index in [1.54, 1.807) is 48.5 Å². The third-order valence-corrected chi connectivity index (χ3v) is 8.63. The second kappa shape index (κ2) is 13.5. The molecule has 254 valence electrons. The number of aromatic nitrogens is 2. The number of Topliss-reactive ketones (excluding diaryl/α,β-unsaturated/α-hetero) is 1. The SMILES string of the molecule is Cc1cc(Oc2ccccc2F)ccc1-n1ncc(C(=O)C2=Cc3cc(OCC(F)F)c(N4C(=O)OC[C@H]4Cc4ccccc4)cc3C2)c1N. The summed E-state index contributed by atoms with van der Waals surface area (Å²) in [6.07, 6.45) is 0.377. The van der Waals surface area contributed by atoms with Gasteiger partial charge in [0.1, 0.15) is 30.5 Å². The highest BCUT2D eigenvalue weighted by Gasteiger charge is 2.37. The smallest absolute Gasteiger partial charge is 0.414 e. The number of ether oxygens (including phenoxy) is 3. The Hall–Kier alpha value is -6.04. The Morgan fingerprint density at radius 3 is 2.56 bits per heavy atom. The lowest BCUT2D eigenvalue weighted by Crippen LogP contribution is -2.35. The van der Waals surface area contributed by atoms with E-state index in [1.165, 1.54) is 27.9 Å². The molecule has 4 aromatic carbocycles. The number of carbonyl (C=O) groups excluding carboxylic acids is 2. The molecule has 0 saturated carbocycles. The van der Waals surface area contributed by atoms with Gasteiger partial charge < -0.3 is 19.9 Å². The first-order valence-corrected chi connectivity index (χ1v) is 15.9. The van der Waals surface area contributed by atoms with Crippen molar-refractivity contribution in [1.82, 2.24) is 9.78 Å². The van der Waals surface area contributed by atoms with Crippen LogP contribution in [0.1, 0.15) is 32.6 Å². The maximum absolute atomic E-state index is 14.1. The number of aryl methyl sites for hydroxylation is 1. The van der Waals surface area contributed by atoms with Crippen LogP contribution >= 0.6 is 0 Å². The van der Waals surface area contributed by atoms with Crippen molar-refractivity contribution in [2.75, 3.05) is 23.8 Å². The zero-order valence-corrected chi connectivity index (χ0v) is 26.8. The van der Waals surface area contributed by atoms with Crippen LogP contribution in [0.25, 0.3) is 11.8 Å². The average molecular weight is 681 g/mol. The van der Waals surface area contributed by atoms with Gasteiger partial charge in [0.25, 0.3) is 6.43 Å². The molecule has 2 N–H and O–H groups in total. The van der Waals surface area contributed by atoms with Crippen molar-refractivity contribution in [2.24, 2.45) is 0 Å². The highest BCUT2D eigenvalue weighted by Crippen LogP contribution is 2.41. The van der Waals surface area contributed by atoms with Gasteiger partial charge in [-0.25, -0.2) is 22.6 Å². The van der Waals surface area contributed by atoms with E-state index >= 15 is 0 Å². The Kier molecular flexibility index (Phi) is 8.75. The first kappa shape index (κ1) is 32.5. The lowest BCUT2D eigenvalue weighted by atomic mass is 10.0. The Morgan fingerprint density at radius 2 is 1.80 bits per heavy atom. The second-order valence-electron chi connectivity index (χ2n) is 12.0. The normalized spacial score (nSPS) is 15.2. The molecule has 0 unspecified atom stereocenters. The lowest BCUT2D eigenvalue weighted by Gasteiger charge is -2.25. The minimum atomic E-state index is -2.74. The van der Waals surface area contributed by atoms with E-state index in [-0.39, 0.29) is 41.7 Å². The molecule has 0 bridgehead atoms. The predicted octanol–water partition coefficient (Wildman–Crippen LogP) is 7.73. The molecule has 1 fully saturated rings. The molecule has 12 heteroatoms. The van der Waals surface area contributed by atoms with Crippen LogP contribution in [0.4, 0.5) is 29.5 Å². The Bertz CT molecular complexity index is 2130. The number of para-hydroxylation sites is 1. The number of ketones is 1. The highest BCUT2D eigenvalue weighted by atomic mass is 19.3. The van der Waals surface area contributed by atoms with Gasteiger partial charge in [-0.05, 0) is 84.1 Å². The molecule has 1 aliphatic heterocycles. The fourth-order valence-electron chi connectivity index (χ4n) is 6.23. The van der Waals surface area contributed by atoms with Crippen LogP contribution in [0.5, 0.6) is 17.2 Å². The molecule has 1 aliphatic carbocycles. The summed E-state index contributed by atoms with van der Waals surface area (Å²) < 4.78 is 58.7. The predicted molar refractivity (Wildman–Crippen MR) is 181 cm³/mol. The number of nitrogen functional groups attached to an aromatic ring is 1. The number of halogens is 3. The van der Waals surface area contributed by atoms with Gasteiger partial charge in [0, 0.05) is 12.0 Å². The number of anilines is 2. The van der Waals surface area contributed by atoms with Crippen molar-refractivity contribution in [2.45, 2.75) is 32.2 Å². The number of rotatable bonds is 11. The summed E-state index contributed by atoms with van der Waals surface area (Å²) in [7, 11) is 0. The number of fused-ring (bicyclic) bond motifs is 1. The van der Waals surface area contributed by atoms with Gasteiger partial charge in [-0.15, -0.1) is 0 Å². The van der Waals surface area contributed by atoms with Crippen molar-refractivity contribution in [3.8, 4) is 22.9 Å². The Balaban J connectivity index is 1.14. The largest absolute Gasteiger partial charge is 0.485 e. The number of allylic oxidation sites excluding steroid dienone is 1. The molecular weight excluding hydrogens is 649 g/mol. The molecule has 2 aliphatic rings. The van der Waals surface area contributed by atoms with Crippen molar-refractivity contribution in [3.05, 3.63) is 130 Å². The van der Waals surface area contributed by atoms with Crippen LogP contribution < -0.4 is 20.1 Å². The summed E-state index contributed by atoms with van der Waals surface area (Å²) in [5, 5.41) is 4.38. The number of alkyl halides is 2. The molecule has 50 heavy (non-hydrogen) atoms. The van der Waals surface area contributed by atoms with Crippen LogP contribution in [-0.2, 0) is 17.6 Å². The third kappa shape index (κ3) is 6.39. The number of nitrogens with two attached hydrogens (primary N) is 1. The summed E-state index contributed by atoms with van der Waals surface area (Å²) >= 11 is 0. The quantitative estimate of drug-likeness (QED) is 0.142. The maximum atomic E-state index is 14.1. The minimum Gasteiger partial charge on any atom is -0.485 e.